The number of carbonyl (C=O) groups excluding carboxylic acids is 1. The number of hydrogen-bond acceptors (Lipinski definition) is 5. The minimum absolute atomic E-state index is 0.0207. The monoisotopic (exact) mass is 344 g/mol. The lowest BCUT2D eigenvalue weighted by atomic mass is 9.82. The number of aromatic nitrogens is 1. The van der Waals surface area contributed by atoms with Gasteiger partial charge in [0.15, 0.2) is 6.61 Å². The molecular formula is C15H19F3N4O2. The second kappa shape index (κ2) is 6.94. The Bertz CT molecular complexity index is 579. The number of ether oxygens (including phenoxy) is 1. The molecule has 0 spiro atoms. The molecule has 0 radical (unpaired) electrons. The Labute approximate surface area is 137 Å². The molecule has 3 unspecified atom stereocenters. The number of nitrogens with one attached hydrogen (secondary N) is 3. The van der Waals surface area contributed by atoms with E-state index in [0.717, 1.165) is 25.8 Å². The molecule has 2 fully saturated rings. The smallest absolute Gasteiger partial charge is 0.422 e. The van der Waals surface area contributed by atoms with Crippen molar-refractivity contribution in [3.8, 4) is 5.88 Å². The number of hydrogen-bond donors (Lipinski definition) is 3. The van der Waals surface area contributed by atoms with Gasteiger partial charge in [0.2, 0.25) is 5.88 Å². The summed E-state index contributed by atoms with van der Waals surface area (Å²) < 4.78 is 40.8. The fourth-order valence-corrected chi connectivity index (χ4v) is 3.21. The molecule has 0 aromatic carbocycles. The number of pyridine rings is 1. The number of rotatable bonds is 4. The lowest BCUT2D eigenvalue weighted by molar-refractivity contribution is -0.154. The highest BCUT2D eigenvalue weighted by Crippen LogP contribution is 2.27. The second-order valence-corrected chi connectivity index (χ2v) is 6.11. The molecule has 3 atom stereocenters. The first-order chi connectivity index (χ1) is 11.4. The predicted molar refractivity (Wildman–Crippen MR) is 79.3 cm³/mol. The highest BCUT2D eigenvalue weighted by Gasteiger charge is 2.37. The predicted octanol–water partition coefficient (Wildman–Crippen LogP) is 1.40. The zero-order valence-corrected chi connectivity index (χ0v) is 12.9. The fourth-order valence-electron chi connectivity index (χ4n) is 3.21. The normalized spacial score (nSPS) is 26.7. The maximum atomic E-state index is 12.3. The molecule has 1 aliphatic carbocycles. The number of halogens is 3. The van der Waals surface area contributed by atoms with E-state index in [1.165, 1.54) is 18.3 Å². The summed E-state index contributed by atoms with van der Waals surface area (Å²) in [7, 11) is 0. The Morgan fingerprint density at radius 3 is 2.92 bits per heavy atom. The van der Waals surface area contributed by atoms with Gasteiger partial charge >= 0.3 is 6.18 Å². The van der Waals surface area contributed by atoms with Crippen LogP contribution in [0.2, 0.25) is 0 Å². The van der Waals surface area contributed by atoms with Crippen molar-refractivity contribution >= 4 is 5.91 Å². The Morgan fingerprint density at radius 1 is 1.38 bits per heavy atom. The molecule has 9 heteroatoms. The number of fused-ring (bicyclic) bond motifs is 1. The SMILES string of the molecule is O=C(NC1CCCC2CNNC21)c1ccc(OCC(F)(F)F)nc1. The van der Waals surface area contributed by atoms with Gasteiger partial charge in [-0.05, 0) is 24.8 Å². The van der Waals surface area contributed by atoms with Gasteiger partial charge in [0, 0.05) is 30.9 Å². The van der Waals surface area contributed by atoms with Crippen LogP contribution in [0.25, 0.3) is 0 Å². The molecule has 2 heterocycles. The molecule has 1 saturated carbocycles. The standard InChI is InChI=1S/C15H19F3N4O2/c16-15(17,18)8-24-12-5-4-10(6-19-12)14(23)21-11-3-1-2-9-7-20-22-13(9)11/h4-6,9,11,13,20,22H,1-3,7-8H2,(H,21,23). The third-order valence-electron chi connectivity index (χ3n) is 4.36. The van der Waals surface area contributed by atoms with Crippen LogP contribution in [-0.2, 0) is 0 Å². The molecule has 1 aromatic heterocycles. The van der Waals surface area contributed by atoms with Gasteiger partial charge < -0.3 is 10.1 Å². The van der Waals surface area contributed by atoms with Gasteiger partial charge in [-0.1, -0.05) is 6.42 Å². The van der Waals surface area contributed by atoms with E-state index in [0.29, 0.717) is 11.5 Å². The van der Waals surface area contributed by atoms with E-state index in [4.69, 9.17) is 0 Å². The molecule has 6 nitrogen and oxygen atoms in total. The van der Waals surface area contributed by atoms with Crippen LogP contribution in [0.3, 0.4) is 0 Å². The van der Waals surface area contributed by atoms with E-state index in [1.54, 1.807) is 0 Å². The van der Waals surface area contributed by atoms with Crippen molar-refractivity contribution in [2.75, 3.05) is 13.2 Å². The van der Waals surface area contributed by atoms with E-state index in [9.17, 15) is 18.0 Å². The molecule has 3 N–H and O–H groups in total. The van der Waals surface area contributed by atoms with Crippen molar-refractivity contribution in [3.63, 3.8) is 0 Å². The zero-order chi connectivity index (χ0) is 17.2. The van der Waals surface area contributed by atoms with Crippen LogP contribution in [0, 0.1) is 5.92 Å². The fraction of sp³-hybridized carbons (Fsp3) is 0.600. The molecule has 3 rings (SSSR count). The van der Waals surface area contributed by atoms with Crippen LogP contribution in [0.4, 0.5) is 13.2 Å². The average molecular weight is 344 g/mol. The van der Waals surface area contributed by atoms with E-state index in [2.05, 4.69) is 25.9 Å². The Hall–Kier alpha value is -1.87. The number of amides is 1. The van der Waals surface area contributed by atoms with Gasteiger partial charge in [-0.25, -0.2) is 4.98 Å². The van der Waals surface area contributed by atoms with Gasteiger partial charge in [-0.2, -0.15) is 13.2 Å². The third kappa shape index (κ3) is 4.15. The summed E-state index contributed by atoms with van der Waals surface area (Å²) in [6.07, 6.45) is -0.122. The molecular weight excluding hydrogens is 325 g/mol. The van der Waals surface area contributed by atoms with Crippen molar-refractivity contribution in [1.82, 2.24) is 21.2 Å². The van der Waals surface area contributed by atoms with Crippen LogP contribution in [0.5, 0.6) is 5.88 Å². The highest BCUT2D eigenvalue weighted by molar-refractivity contribution is 5.94. The van der Waals surface area contributed by atoms with Gasteiger partial charge in [0.1, 0.15) is 0 Å². The molecule has 132 valence electrons. The number of carbonyl (C=O) groups is 1. The third-order valence-corrected chi connectivity index (χ3v) is 4.36. The summed E-state index contributed by atoms with van der Waals surface area (Å²) in [4.78, 5) is 16.1. The van der Waals surface area contributed by atoms with Gasteiger partial charge in [-0.3, -0.25) is 15.6 Å². The lowest BCUT2D eigenvalue weighted by Gasteiger charge is -2.33. The largest absolute Gasteiger partial charge is 0.468 e. The average Bonchev–Trinajstić information content (AvgIpc) is 3.02. The lowest BCUT2D eigenvalue weighted by Crippen LogP contribution is -2.53. The van der Waals surface area contributed by atoms with Crippen LogP contribution in [-0.4, -0.2) is 42.3 Å². The molecule has 24 heavy (non-hydrogen) atoms. The minimum atomic E-state index is -4.42. The summed E-state index contributed by atoms with van der Waals surface area (Å²) in [5.41, 5.74) is 6.61. The van der Waals surface area contributed by atoms with Crippen molar-refractivity contribution in [2.45, 2.75) is 37.5 Å². The van der Waals surface area contributed by atoms with Crippen LogP contribution in [0.15, 0.2) is 18.3 Å². The van der Waals surface area contributed by atoms with Crippen molar-refractivity contribution in [1.29, 1.82) is 0 Å². The first kappa shape index (κ1) is 17.0. The Balaban J connectivity index is 1.57. The number of alkyl halides is 3. The van der Waals surface area contributed by atoms with E-state index in [-0.39, 0.29) is 23.9 Å². The van der Waals surface area contributed by atoms with Gasteiger partial charge in [-0.15, -0.1) is 0 Å². The highest BCUT2D eigenvalue weighted by atomic mass is 19.4. The van der Waals surface area contributed by atoms with Crippen LogP contribution in [0.1, 0.15) is 29.6 Å². The van der Waals surface area contributed by atoms with Crippen LogP contribution >= 0.6 is 0 Å². The maximum Gasteiger partial charge on any atom is 0.422 e. The zero-order valence-electron chi connectivity index (χ0n) is 12.9. The molecule has 2 aliphatic rings. The molecule has 1 aromatic rings. The molecule has 1 saturated heterocycles. The molecule has 1 amide bonds. The van der Waals surface area contributed by atoms with Crippen molar-refractivity contribution < 1.29 is 22.7 Å². The van der Waals surface area contributed by atoms with Gasteiger partial charge in [0.25, 0.3) is 5.91 Å². The first-order valence-electron chi connectivity index (χ1n) is 7.87. The summed E-state index contributed by atoms with van der Waals surface area (Å²) in [6, 6.07) is 2.89. The van der Waals surface area contributed by atoms with Crippen molar-refractivity contribution in [3.05, 3.63) is 23.9 Å². The van der Waals surface area contributed by atoms with E-state index in [1.807, 2.05) is 0 Å². The topological polar surface area (TPSA) is 75.3 Å². The quantitative estimate of drug-likeness (QED) is 0.770. The summed E-state index contributed by atoms with van der Waals surface area (Å²) >= 11 is 0. The Morgan fingerprint density at radius 2 is 2.21 bits per heavy atom. The van der Waals surface area contributed by atoms with Crippen molar-refractivity contribution in [2.24, 2.45) is 5.92 Å². The summed E-state index contributed by atoms with van der Waals surface area (Å²) in [6.45, 7) is -0.515. The molecule has 0 bridgehead atoms. The van der Waals surface area contributed by atoms with Crippen LogP contribution < -0.4 is 20.9 Å². The summed E-state index contributed by atoms with van der Waals surface area (Å²) in [5.74, 6) is 0.0489. The Kier molecular flexibility index (Phi) is 4.91. The second-order valence-electron chi connectivity index (χ2n) is 6.11. The summed E-state index contributed by atoms with van der Waals surface area (Å²) in [5, 5.41) is 2.98. The van der Waals surface area contributed by atoms with Gasteiger partial charge in [0.05, 0.1) is 5.56 Å². The molecule has 1 aliphatic heterocycles. The number of nitrogens with zero attached hydrogens (tertiary/aromatic N) is 1. The van der Waals surface area contributed by atoms with E-state index < -0.39 is 12.8 Å². The maximum absolute atomic E-state index is 12.3. The number of hydrazine groups is 1. The minimum Gasteiger partial charge on any atom is -0.468 e. The first-order valence-corrected chi connectivity index (χ1v) is 7.87. The van der Waals surface area contributed by atoms with E-state index >= 15 is 0 Å².